The maximum Gasteiger partial charge on any atom is 0.0850 e. The van der Waals surface area contributed by atoms with Gasteiger partial charge in [-0.05, 0) is 42.5 Å². The van der Waals surface area contributed by atoms with Crippen LogP contribution in [0.2, 0.25) is 0 Å². The molecule has 0 aromatic heterocycles. The Morgan fingerprint density at radius 3 is 2.12 bits per heavy atom. The van der Waals surface area contributed by atoms with Crippen molar-refractivity contribution in [1.29, 1.82) is 0 Å². The first-order chi connectivity index (χ1) is 7.66. The minimum atomic E-state index is -1.20. The van der Waals surface area contributed by atoms with Crippen LogP contribution in [0.3, 0.4) is 0 Å². The molecule has 0 radical (unpaired) electrons. The molecular formula is C12H12N2OS. The van der Waals surface area contributed by atoms with E-state index in [0.29, 0.717) is 16.3 Å². The monoisotopic (exact) mass is 232 g/mol. The van der Waals surface area contributed by atoms with Gasteiger partial charge in [-0.1, -0.05) is 6.07 Å². The molecule has 0 saturated heterocycles. The van der Waals surface area contributed by atoms with E-state index in [1.807, 2.05) is 0 Å². The van der Waals surface area contributed by atoms with Crippen LogP contribution in [0.15, 0.2) is 58.3 Å². The minimum absolute atomic E-state index is 0.612. The predicted octanol–water partition coefficient (Wildman–Crippen LogP) is 2.02. The van der Waals surface area contributed by atoms with E-state index >= 15 is 0 Å². The van der Waals surface area contributed by atoms with Gasteiger partial charge in [0.25, 0.3) is 0 Å². The van der Waals surface area contributed by atoms with Crippen LogP contribution < -0.4 is 11.5 Å². The van der Waals surface area contributed by atoms with Crippen molar-refractivity contribution in [1.82, 2.24) is 0 Å². The lowest BCUT2D eigenvalue weighted by atomic mass is 10.3. The molecule has 0 aliphatic rings. The molecule has 0 heterocycles. The van der Waals surface area contributed by atoms with Gasteiger partial charge in [0.05, 0.1) is 10.8 Å². The molecule has 0 amide bonds. The summed E-state index contributed by atoms with van der Waals surface area (Å²) >= 11 is 0. The highest BCUT2D eigenvalue weighted by molar-refractivity contribution is 7.85. The summed E-state index contributed by atoms with van der Waals surface area (Å²) in [5, 5.41) is 0. The van der Waals surface area contributed by atoms with Crippen LogP contribution >= 0.6 is 0 Å². The summed E-state index contributed by atoms with van der Waals surface area (Å²) in [4.78, 5) is 1.42. The van der Waals surface area contributed by atoms with E-state index in [2.05, 4.69) is 0 Å². The molecule has 0 spiro atoms. The fourth-order valence-corrected chi connectivity index (χ4v) is 2.46. The molecule has 0 aliphatic heterocycles. The fourth-order valence-electron chi connectivity index (χ4n) is 1.36. The van der Waals surface area contributed by atoms with Gasteiger partial charge in [0.15, 0.2) is 0 Å². The van der Waals surface area contributed by atoms with E-state index < -0.39 is 10.8 Å². The van der Waals surface area contributed by atoms with Crippen molar-refractivity contribution in [2.24, 2.45) is 0 Å². The highest BCUT2D eigenvalue weighted by Gasteiger charge is 2.06. The molecule has 0 saturated carbocycles. The number of benzene rings is 2. The first-order valence-corrected chi connectivity index (χ1v) is 5.94. The van der Waals surface area contributed by atoms with E-state index in [1.165, 1.54) is 0 Å². The third-order valence-electron chi connectivity index (χ3n) is 2.17. The second-order valence-corrected chi connectivity index (χ2v) is 4.89. The van der Waals surface area contributed by atoms with Gasteiger partial charge in [0.2, 0.25) is 0 Å². The topological polar surface area (TPSA) is 69.1 Å². The van der Waals surface area contributed by atoms with Gasteiger partial charge in [-0.2, -0.15) is 0 Å². The quantitative estimate of drug-likeness (QED) is 0.778. The van der Waals surface area contributed by atoms with Crippen molar-refractivity contribution >= 4 is 22.2 Å². The number of rotatable bonds is 2. The number of nitrogen functional groups attached to an aromatic ring is 2. The van der Waals surface area contributed by atoms with Crippen LogP contribution in [-0.2, 0) is 10.8 Å². The summed E-state index contributed by atoms with van der Waals surface area (Å²) in [7, 11) is -1.20. The van der Waals surface area contributed by atoms with Gasteiger partial charge in [0, 0.05) is 21.2 Å². The lowest BCUT2D eigenvalue weighted by Crippen LogP contribution is -1.95. The summed E-state index contributed by atoms with van der Waals surface area (Å²) in [6.45, 7) is 0. The number of hydrogen-bond donors (Lipinski definition) is 2. The van der Waals surface area contributed by atoms with Crippen molar-refractivity contribution in [3.05, 3.63) is 48.5 Å². The molecule has 2 aromatic carbocycles. The zero-order chi connectivity index (χ0) is 11.5. The Hall–Kier alpha value is -1.81. The molecule has 82 valence electrons. The van der Waals surface area contributed by atoms with E-state index in [0.717, 1.165) is 4.90 Å². The molecule has 16 heavy (non-hydrogen) atoms. The largest absolute Gasteiger partial charge is 0.399 e. The molecule has 4 N–H and O–H groups in total. The van der Waals surface area contributed by atoms with Crippen molar-refractivity contribution < 1.29 is 4.21 Å². The van der Waals surface area contributed by atoms with Gasteiger partial charge >= 0.3 is 0 Å². The number of nitrogens with two attached hydrogens (primary N) is 2. The zero-order valence-electron chi connectivity index (χ0n) is 8.59. The lowest BCUT2D eigenvalue weighted by molar-refractivity contribution is 0.683. The standard InChI is InChI=1S/C12H12N2OS/c13-9-4-6-11(7-5-9)16(15)12-3-1-2-10(14)8-12/h1-8H,13-14H2. The van der Waals surface area contributed by atoms with Gasteiger partial charge in [-0.25, -0.2) is 4.21 Å². The van der Waals surface area contributed by atoms with E-state index in [1.54, 1.807) is 48.5 Å². The normalized spacial score (nSPS) is 12.2. The van der Waals surface area contributed by atoms with Crippen LogP contribution in [-0.4, -0.2) is 4.21 Å². The maximum atomic E-state index is 12.1. The molecule has 0 bridgehead atoms. The summed E-state index contributed by atoms with van der Waals surface area (Å²) in [6, 6.07) is 14.1. The smallest absolute Gasteiger partial charge is 0.0850 e. The van der Waals surface area contributed by atoms with Crippen molar-refractivity contribution in [2.45, 2.75) is 9.79 Å². The molecule has 0 aliphatic carbocycles. The van der Waals surface area contributed by atoms with Crippen LogP contribution in [0.4, 0.5) is 11.4 Å². The first kappa shape index (κ1) is 10.7. The Labute approximate surface area is 96.5 Å². The lowest BCUT2D eigenvalue weighted by Gasteiger charge is -2.03. The van der Waals surface area contributed by atoms with Gasteiger partial charge in [-0.15, -0.1) is 0 Å². The SMILES string of the molecule is Nc1ccc(S(=O)c2cccc(N)c2)cc1. The average Bonchev–Trinajstić information content (AvgIpc) is 2.29. The Kier molecular flexibility index (Phi) is 2.92. The Bertz CT molecular complexity index is 523. The minimum Gasteiger partial charge on any atom is -0.399 e. The average molecular weight is 232 g/mol. The Morgan fingerprint density at radius 2 is 1.50 bits per heavy atom. The van der Waals surface area contributed by atoms with Gasteiger partial charge in [0.1, 0.15) is 0 Å². The second kappa shape index (κ2) is 4.37. The molecule has 4 heteroatoms. The van der Waals surface area contributed by atoms with Crippen molar-refractivity contribution in [3.63, 3.8) is 0 Å². The molecule has 2 aromatic rings. The molecule has 0 fully saturated rings. The number of hydrogen-bond acceptors (Lipinski definition) is 3. The fraction of sp³-hybridized carbons (Fsp3) is 0. The molecular weight excluding hydrogens is 220 g/mol. The highest BCUT2D eigenvalue weighted by Crippen LogP contribution is 2.19. The van der Waals surface area contributed by atoms with Crippen LogP contribution in [0.25, 0.3) is 0 Å². The van der Waals surface area contributed by atoms with Gasteiger partial charge < -0.3 is 11.5 Å². The zero-order valence-corrected chi connectivity index (χ0v) is 9.41. The second-order valence-electron chi connectivity index (χ2n) is 3.41. The molecule has 3 nitrogen and oxygen atoms in total. The van der Waals surface area contributed by atoms with Crippen LogP contribution in [0.5, 0.6) is 0 Å². The summed E-state index contributed by atoms with van der Waals surface area (Å²) in [6.07, 6.45) is 0. The summed E-state index contributed by atoms with van der Waals surface area (Å²) < 4.78 is 12.1. The van der Waals surface area contributed by atoms with Crippen molar-refractivity contribution in [2.75, 3.05) is 11.5 Å². The van der Waals surface area contributed by atoms with E-state index in [9.17, 15) is 4.21 Å². The Balaban J connectivity index is 2.35. The third kappa shape index (κ3) is 2.23. The number of anilines is 2. The molecule has 2 rings (SSSR count). The van der Waals surface area contributed by atoms with E-state index in [-0.39, 0.29) is 0 Å². The predicted molar refractivity (Wildman–Crippen MR) is 66.4 cm³/mol. The van der Waals surface area contributed by atoms with Crippen LogP contribution in [0.1, 0.15) is 0 Å². The maximum absolute atomic E-state index is 12.1. The van der Waals surface area contributed by atoms with Crippen molar-refractivity contribution in [3.8, 4) is 0 Å². The van der Waals surface area contributed by atoms with Gasteiger partial charge in [-0.3, -0.25) is 0 Å². The third-order valence-corrected chi connectivity index (χ3v) is 3.55. The highest BCUT2D eigenvalue weighted by atomic mass is 32.2. The molecule has 1 atom stereocenters. The first-order valence-electron chi connectivity index (χ1n) is 4.79. The Morgan fingerprint density at radius 1 is 0.812 bits per heavy atom. The molecule has 1 unspecified atom stereocenters. The van der Waals surface area contributed by atoms with Crippen LogP contribution in [0, 0.1) is 0 Å². The summed E-state index contributed by atoms with van der Waals surface area (Å²) in [5.74, 6) is 0. The summed E-state index contributed by atoms with van der Waals surface area (Å²) in [5.41, 5.74) is 12.5. The van der Waals surface area contributed by atoms with E-state index in [4.69, 9.17) is 11.5 Å².